The number of aryl methyl sites for hydroxylation is 1. The van der Waals surface area contributed by atoms with E-state index in [9.17, 15) is 4.79 Å². The smallest absolute Gasteiger partial charge is 0.229 e. The molecule has 5 heteroatoms. The number of carbonyl (C=O) groups excluding carboxylic acids is 1. The average Bonchev–Trinajstić information content (AvgIpc) is 2.74. The lowest BCUT2D eigenvalue weighted by Gasteiger charge is -2.04. The lowest BCUT2D eigenvalue weighted by atomic mass is 10.1. The van der Waals surface area contributed by atoms with Gasteiger partial charge < -0.3 is 10.1 Å². The fraction of sp³-hybridized carbons (Fsp3) is 0.231. The molecule has 2 aromatic rings. The van der Waals surface area contributed by atoms with Gasteiger partial charge in [-0.05, 0) is 17.7 Å². The molecule has 0 atom stereocenters. The Hall–Kier alpha value is -2.30. The van der Waals surface area contributed by atoms with Crippen molar-refractivity contribution in [2.75, 3.05) is 12.4 Å². The van der Waals surface area contributed by atoms with E-state index in [4.69, 9.17) is 4.74 Å². The summed E-state index contributed by atoms with van der Waals surface area (Å²) in [7, 11) is 3.41. The van der Waals surface area contributed by atoms with Gasteiger partial charge in [0, 0.05) is 19.3 Å². The van der Waals surface area contributed by atoms with Crippen LogP contribution in [0.2, 0.25) is 0 Å². The minimum atomic E-state index is -0.0954. The SMILES string of the molecule is COc1cccc(CC(=O)Nc2ccn(C)n2)c1. The molecule has 1 amide bonds. The fourth-order valence-electron chi connectivity index (χ4n) is 1.64. The zero-order chi connectivity index (χ0) is 13.0. The number of hydrogen-bond donors (Lipinski definition) is 1. The third-order valence-electron chi connectivity index (χ3n) is 2.48. The molecule has 0 bridgehead atoms. The van der Waals surface area contributed by atoms with Gasteiger partial charge in [0.1, 0.15) is 5.75 Å². The van der Waals surface area contributed by atoms with Crippen LogP contribution in [-0.4, -0.2) is 22.8 Å². The number of amides is 1. The Bertz CT molecular complexity index is 549. The number of hydrogen-bond acceptors (Lipinski definition) is 3. The highest BCUT2D eigenvalue weighted by atomic mass is 16.5. The van der Waals surface area contributed by atoms with Crippen molar-refractivity contribution in [3.05, 3.63) is 42.1 Å². The minimum Gasteiger partial charge on any atom is -0.497 e. The third kappa shape index (κ3) is 3.10. The first kappa shape index (κ1) is 12.2. The monoisotopic (exact) mass is 245 g/mol. The molecule has 0 aliphatic rings. The van der Waals surface area contributed by atoms with Crippen molar-refractivity contribution in [3.8, 4) is 5.75 Å². The lowest BCUT2D eigenvalue weighted by molar-refractivity contribution is -0.115. The predicted octanol–water partition coefficient (Wildman–Crippen LogP) is 1.61. The van der Waals surface area contributed by atoms with E-state index in [0.717, 1.165) is 11.3 Å². The summed E-state index contributed by atoms with van der Waals surface area (Å²) in [5.41, 5.74) is 0.905. The molecule has 0 saturated carbocycles. The molecule has 0 fully saturated rings. The van der Waals surface area contributed by atoms with Crippen LogP contribution in [0.5, 0.6) is 5.75 Å². The van der Waals surface area contributed by atoms with Gasteiger partial charge in [-0.25, -0.2) is 0 Å². The van der Waals surface area contributed by atoms with Crippen LogP contribution < -0.4 is 10.1 Å². The molecule has 0 saturated heterocycles. The van der Waals surface area contributed by atoms with E-state index >= 15 is 0 Å². The molecule has 1 aromatic heterocycles. The molecular weight excluding hydrogens is 230 g/mol. The summed E-state index contributed by atoms with van der Waals surface area (Å²) in [5.74, 6) is 1.21. The molecule has 2 rings (SSSR count). The number of aromatic nitrogens is 2. The molecular formula is C13H15N3O2. The summed E-state index contributed by atoms with van der Waals surface area (Å²) >= 11 is 0. The average molecular weight is 245 g/mol. The normalized spacial score (nSPS) is 10.1. The van der Waals surface area contributed by atoms with Crippen LogP contribution in [0.4, 0.5) is 5.82 Å². The summed E-state index contributed by atoms with van der Waals surface area (Å²) < 4.78 is 6.75. The zero-order valence-electron chi connectivity index (χ0n) is 10.4. The first-order valence-corrected chi connectivity index (χ1v) is 5.60. The Kier molecular flexibility index (Phi) is 3.62. The van der Waals surface area contributed by atoms with Crippen LogP contribution in [0.3, 0.4) is 0 Å². The van der Waals surface area contributed by atoms with Gasteiger partial charge in [0.15, 0.2) is 5.82 Å². The maximum atomic E-state index is 11.8. The van der Waals surface area contributed by atoms with E-state index in [-0.39, 0.29) is 5.91 Å². The highest BCUT2D eigenvalue weighted by Gasteiger charge is 2.06. The number of methoxy groups -OCH3 is 1. The Morgan fingerprint density at radius 2 is 2.28 bits per heavy atom. The number of rotatable bonds is 4. The van der Waals surface area contributed by atoms with E-state index in [1.165, 1.54) is 0 Å². The number of nitrogens with one attached hydrogen (secondary N) is 1. The van der Waals surface area contributed by atoms with E-state index in [1.54, 1.807) is 31.1 Å². The van der Waals surface area contributed by atoms with Crippen molar-refractivity contribution in [2.45, 2.75) is 6.42 Å². The largest absolute Gasteiger partial charge is 0.497 e. The number of benzene rings is 1. The number of anilines is 1. The fourth-order valence-corrected chi connectivity index (χ4v) is 1.64. The maximum absolute atomic E-state index is 11.8. The van der Waals surface area contributed by atoms with Crippen molar-refractivity contribution in [3.63, 3.8) is 0 Å². The summed E-state index contributed by atoms with van der Waals surface area (Å²) in [4.78, 5) is 11.8. The molecule has 5 nitrogen and oxygen atoms in total. The molecule has 1 heterocycles. The van der Waals surface area contributed by atoms with Crippen LogP contribution in [0.1, 0.15) is 5.56 Å². The van der Waals surface area contributed by atoms with Gasteiger partial charge in [0.2, 0.25) is 5.91 Å². The standard InChI is InChI=1S/C13H15N3O2/c1-16-7-6-12(15-16)14-13(17)9-10-4-3-5-11(8-10)18-2/h3-8H,9H2,1-2H3,(H,14,15,17). The molecule has 0 spiro atoms. The van der Waals surface area contributed by atoms with E-state index < -0.39 is 0 Å². The molecule has 0 radical (unpaired) electrons. The minimum absolute atomic E-state index is 0.0954. The van der Waals surface area contributed by atoms with Crippen molar-refractivity contribution < 1.29 is 9.53 Å². The van der Waals surface area contributed by atoms with Crippen molar-refractivity contribution in [2.24, 2.45) is 7.05 Å². The molecule has 0 unspecified atom stereocenters. The van der Waals surface area contributed by atoms with E-state index in [0.29, 0.717) is 12.2 Å². The van der Waals surface area contributed by atoms with Crippen LogP contribution in [0, 0.1) is 0 Å². The topological polar surface area (TPSA) is 56.1 Å². The summed E-state index contributed by atoms with van der Waals surface area (Å²) in [6.07, 6.45) is 2.08. The highest BCUT2D eigenvalue weighted by molar-refractivity contribution is 5.91. The highest BCUT2D eigenvalue weighted by Crippen LogP contribution is 2.13. The summed E-state index contributed by atoms with van der Waals surface area (Å²) in [5, 5.41) is 6.82. The Labute approximate surface area is 105 Å². The Morgan fingerprint density at radius 1 is 1.44 bits per heavy atom. The van der Waals surface area contributed by atoms with Gasteiger partial charge in [-0.3, -0.25) is 9.48 Å². The van der Waals surface area contributed by atoms with Gasteiger partial charge in [0.25, 0.3) is 0 Å². The first-order valence-electron chi connectivity index (χ1n) is 5.60. The second-order valence-corrected chi connectivity index (χ2v) is 3.95. The first-order chi connectivity index (χ1) is 8.67. The molecule has 0 aliphatic carbocycles. The molecule has 1 aromatic carbocycles. The van der Waals surface area contributed by atoms with Gasteiger partial charge in [-0.2, -0.15) is 5.10 Å². The second-order valence-electron chi connectivity index (χ2n) is 3.95. The zero-order valence-corrected chi connectivity index (χ0v) is 10.4. The van der Waals surface area contributed by atoms with E-state index in [2.05, 4.69) is 10.4 Å². The van der Waals surface area contributed by atoms with Gasteiger partial charge >= 0.3 is 0 Å². The van der Waals surface area contributed by atoms with Gasteiger partial charge in [-0.1, -0.05) is 12.1 Å². The van der Waals surface area contributed by atoms with Crippen LogP contribution >= 0.6 is 0 Å². The van der Waals surface area contributed by atoms with Crippen LogP contribution in [-0.2, 0) is 18.3 Å². The van der Waals surface area contributed by atoms with Gasteiger partial charge in [0.05, 0.1) is 13.5 Å². The summed E-state index contributed by atoms with van der Waals surface area (Å²) in [6.45, 7) is 0. The molecule has 0 aliphatic heterocycles. The summed E-state index contributed by atoms with van der Waals surface area (Å²) in [6, 6.07) is 9.20. The third-order valence-corrected chi connectivity index (χ3v) is 2.48. The molecule has 1 N–H and O–H groups in total. The maximum Gasteiger partial charge on any atom is 0.229 e. The van der Waals surface area contributed by atoms with Crippen molar-refractivity contribution >= 4 is 11.7 Å². The second kappa shape index (κ2) is 5.35. The Balaban J connectivity index is 1.98. The molecule has 18 heavy (non-hydrogen) atoms. The quantitative estimate of drug-likeness (QED) is 0.890. The predicted molar refractivity (Wildman–Crippen MR) is 68.5 cm³/mol. The Morgan fingerprint density at radius 3 is 2.94 bits per heavy atom. The number of carbonyl (C=O) groups is 1. The number of nitrogens with zero attached hydrogens (tertiary/aromatic N) is 2. The van der Waals surface area contributed by atoms with Gasteiger partial charge in [-0.15, -0.1) is 0 Å². The van der Waals surface area contributed by atoms with Crippen molar-refractivity contribution in [1.82, 2.24) is 9.78 Å². The number of ether oxygens (including phenoxy) is 1. The molecule has 94 valence electrons. The van der Waals surface area contributed by atoms with Crippen molar-refractivity contribution in [1.29, 1.82) is 0 Å². The van der Waals surface area contributed by atoms with Crippen LogP contribution in [0.25, 0.3) is 0 Å². The van der Waals surface area contributed by atoms with Crippen LogP contribution in [0.15, 0.2) is 36.5 Å². The lowest BCUT2D eigenvalue weighted by Crippen LogP contribution is -2.14. The van der Waals surface area contributed by atoms with E-state index in [1.807, 2.05) is 24.3 Å².